The van der Waals surface area contributed by atoms with E-state index in [1.54, 1.807) is 24.0 Å². The topological polar surface area (TPSA) is 75.8 Å². The number of rotatable bonds is 5. The molecule has 1 unspecified atom stereocenters. The zero-order chi connectivity index (χ0) is 16.4. The molecule has 0 bridgehead atoms. The average molecular weight is 312 g/mol. The largest absolute Gasteiger partial charge is 0.492 e. The van der Waals surface area contributed by atoms with Crippen molar-refractivity contribution < 1.29 is 14.6 Å². The molecule has 5 heteroatoms. The van der Waals surface area contributed by atoms with Crippen molar-refractivity contribution >= 4 is 17.3 Å². The summed E-state index contributed by atoms with van der Waals surface area (Å²) in [5, 5.41) is 9.65. The van der Waals surface area contributed by atoms with Crippen molar-refractivity contribution in [3.05, 3.63) is 53.6 Å². The molecule has 0 aromatic heterocycles. The van der Waals surface area contributed by atoms with Gasteiger partial charge in [-0.1, -0.05) is 18.2 Å². The van der Waals surface area contributed by atoms with Crippen LogP contribution in [0.5, 0.6) is 5.75 Å². The molecule has 1 atom stereocenters. The van der Waals surface area contributed by atoms with Crippen LogP contribution in [0.4, 0.5) is 11.4 Å². The van der Waals surface area contributed by atoms with Crippen molar-refractivity contribution in [3.8, 4) is 5.75 Å². The first-order chi connectivity index (χ1) is 11.0. The molecule has 1 aliphatic heterocycles. The molecule has 0 fully saturated rings. The van der Waals surface area contributed by atoms with Crippen LogP contribution in [0.3, 0.4) is 0 Å². The van der Waals surface area contributed by atoms with Crippen LogP contribution in [0.2, 0.25) is 0 Å². The van der Waals surface area contributed by atoms with Gasteiger partial charge in [0.05, 0.1) is 19.1 Å². The molecule has 120 valence electrons. The molecule has 0 saturated carbocycles. The monoisotopic (exact) mass is 312 g/mol. The number of hydrogen-bond acceptors (Lipinski definition) is 4. The number of fused-ring (bicyclic) bond motifs is 1. The Morgan fingerprint density at radius 1 is 1.30 bits per heavy atom. The highest BCUT2D eigenvalue weighted by atomic mass is 16.5. The van der Waals surface area contributed by atoms with Gasteiger partial charge in [-0.3, -0.25) is 4.79 Å². The molecule has 2 aromatic carbocycles. The van der Waals surface area contributed by atoms with Gasteiger partial charge in [0.1, 0.15) is 12.4 Å². The maximum Gasteiger partial charge on any atom is 0.231 e. The average Bonchev–Trinajstić information content (AvgIpc) is 2.82. The number of nitrogens with two attached hydrogens (primary N) is 1. The van der Waals surface area contributed by atoms with Crippen LogP contribution in [-0.2, 0) is 11.2 Å². The number of carbonyl (C=O) groups excluding carboxylic acids is 1. The Hall–Kier alpha value is -2.53. The minimum absolute atomic E-state index is 0.0546. The number of aliphatic hydroxyl groups is 1. The fraction of sp³-hybridized carbons (Fsp3) is 0.278. The lowest BCUT2D eigenvalue weighted by Gasteiger charge is -2.18. The number of nitrogens with zero attached hydrogens (tertiary/aromatic N) is 1. The molecule has 0 aliphatic carbocycles. The predicted octanol–water partition coefficient (Wildman–Crippen LogP) is 2.29. The third kappa shape index (κ3) is 3.29. The van der Waals surface area contributed by atoms with Gasteiger partial charge in [0.25, 0.3) is 0 Å². The fourth-order valence-electron chi connectivity index (χ4n) is 2.77. The zero-order valence-corrected chi connectivity index (χ0v) is 13.0. The molecule has 0 spiro atoms. The lowest BCUT2D eigenvalue weighted by atomic mass is 10.1. The molecular formula is C18H20N2O3. The van der Waals surface area contributed by atoms with E-state index in [0.29, 0.717) is 31.0 Å². The molecule has 3 rings (SSSR count). The molecule has 1 heterocycles. The SMILES string of the molecule is CC(O)c1ccc2c(c1)CC(=O)N2CCOc1cccc(N)c1. The first-order valence-electron chi connectivity index (χ1n) is 7.64. The van der Waals surface area contributed by atoms with Crippen molar-refractivity contribution in [2.45, 2.75) is 19.4 Å². The van der Waals surface area contributed by atoms with Gasteiger partial charge >= 0.3 is 0 Å². The number of ether oxygens (including phenoxy) is 1. The number of benzene rings is 2. The van der Waals surface area contributed by atoms with Gasteiger partial charge < -0.3 is 20.5 Å². The summed E-state index contributed by atoms with van der Waals surface area (Å²) in [6.45, 7) is 2.59. The Morgan fingerprint density at radius 2 is 2.13 bits per heavy atom. The van der Waals surface area contributed by atoms with Crippen LogP contribution in [-0.4, -0.2) is 24.2 Å². The number of aliphatic hydroxyl groups excluding tert-OH is 1. The minimum atomic E-state index is -0.531. The minimum Gasteiger partial charge on any atom is -0.492 e. The molecule has 5 nitrogen and oxygen atoms in total. The second-order valence-electron chi connectivity index (χ2n) is 5.71. The van der Waals surface area contributed by atoms with Gasteiger partial charge in [-0.15, -0.1) is 0 Å². The Kier molecular flexibility index (Phi) is 4.21. The number of anilines is 2. The summed E-state index contributed by atoms with van der Waals surface area (Å²) in [6, 6.07) is 12.9. The van der Waals surface area contributed by atoms with E-state index < -0.39 is 6.10 Å². The summed E-state index contributed by atoms with van der Waals surface area (Å²) in [6.07, 6.45) is -0.162. The van der Waals surface area contributed by atoms with Crippen molar-refractivity contribution in [1.82, 2.24) is 0 Å². The van der Waals surface area contributed by atoms with Crippen LogP contribution < -0.4 is 15.4 Å². The Balaban J connectivity index is 1.66. The smallest absolute Gasteiger partial charge is 0.231 e. The van der Waals surface area contributed by atoms with E-state index in [9.17, 15) is 9.90 Å². The van der Waals surface area contributed by atoms with E-state index in [-0.39, 0.29) is 5.91 Å². The highest BCUT2D eigenvalue weighted by Crippen LogP contribution is 2.31. The standard InChI is InChI=1S/C18H20N2O3/c1-12(21)13-5-6-17-14(9-13)10-18(22)20(17)7-8-23-16-4-2-3-15(19)11-16/h2-6,9,11-12,21H,7-8,10,19H2,1H3. The fourth-order valence-corrected chi connectivity index (χ4v) is 2.77. The zero-order valence-electron chi connectivity index (χ0n) is 13.0. The van der Waals surface area contributed by atoms with Gasteiger partial charge in [0.15, 0.2) is 0 Å². The first-order valence-corrected chi connectivity index (χ1v) is 7.64. The molecule has 1 amide bonds. The molecule has 0 saturated heterocycles. The second kappa shape index (κ2) is 6.30. The molecule has 23 heavy (non-hydrogen) atoms. The molecule has 3 N–H and O–H groups in total. The maximum atomic E-state index is 12.2. The van der Waals surface area contributed by atoms with Crippen molar-refractivity contribution in [3.63, 3.8) is 0 Å². The Labute approximate surface area is 135 Å². The van der Waals surface area contributed by atoms with Crippen LogP contribution in [0.25, 0.3) is 0 Å². The normalized spacial score (nSPS) is 14.7. The first kappa shape index (κ1) is 15.4. The Bertz CT molecular complexity index is 728. The Morgan fingerprint density at radius 3 is 2.87 bits per heavy atom. The summed E-state index contributed by atoms with van der Waals surface area (Å²) in [5.41, 5.74) is 9.04. The summed E-state index contributed by atoms with van der Waals surface area (Å²) in [5.74, 6) is 0.750. The molecule has 0 radical (unpaired) electrons. The van der Waals surface area contributed by atoms with Crippen molar-refractivity contribution in [2.75, 3.05) is 23.8 Å². The van der Waals surface area contributed by atoms with Gasteiger partial charge in [-0.2, -0.15) is 0 Å². The van der Waals surface area contributed by atoms with Crippen LogP contribution in [0.1, 0.15) is 24.2 Å². The van der Waals surface area contributed by atoms with E-state index in [1.807, 2.05) is 30.3 Å². The van der Waals surface area contributed by atoms with Gasteiger partial charge in [-0.05, 0) is 36.2 Å². The van der Waals surface area contributed by atoms with Crippen LogP contribution in [0.15, 0.2) is 42.5 Å². The van der Waals surface area contributed by atoms with Gasteiger partial charge in [0.2, 0.25) is 5.91 Å². The number of hydrogen-bond donors (Lipinski definition) is 2. The van der Waals surface area contributed by atoms with E-state index in [2.05, 4.69) is 0 Å². The number of nitrogen functional groups attached to an aromatic ring is 1. The van der Waals surface area contributed by atoms with Gasteiger partial charge in [-0.25, -0.2) is 0 Å². The summed E-state index contributed by atoms with van der Waals surface area (Å²) < 4.78 is 5.66. The third-order valence-electron chi connectivity index (χ3n) is 3.96. The summed E-state index contributed by atoms with van der Waals surface area (Å²) >= 11 is 0. The van der Waals surface area contributed by atoms with Crippen LogP contribution in [0, 0.1) is 0 Å². The quantitative estimate of drug-likeness (QED) is 0.831. The second-order valence-corrected chi connectivity index (χ2v) is 5.71. The van der Waals surface area contributed by atoms with Crippen molar-refractivity contribution in [1.29, 1.82) is 0 Å². The number of amides is 1. The summed E-state index contributed by atoms with van der Waals surface area (Å²) in [4.78, 5) is 13.9. The maximum absolute atomic E-state index is 12.2. The van der Waals surface area contributed by atoms with E-state index >= 15 is 0 Å². The van der Waals surface area contributed by atoms with E-state index in [0.717, 1.165) is 16.8 Å². The predicted molar refractivity (Wildman–Crippen MR) is 89.5 cm³/mol. The third-order valence-corrected chi connectivity index (χ3v) is 3.96. The van der Waals surface area contributed by atoms with Crippen molar-refractivity contribution in [2.24, 2.45) is 0 Å². The van der Waals surface area contributed by atoms with Gasteiger partial charge in [0, 0.05) is 17.4 Å². The van der Waals surface area contributed by atoms with E-state index in [4.69, 9.17) is 10.5 Å². The molecule has 2 aromatic rings. The van der Waals surface area contributed by atoms with Crippen LogP contribution >= 0.6 is 0 Å². The lowest BCUT2D eigenvalue weighted by molar-refractivity contribution is -0.117. The molecule has 1 aliphatic rings. The molecular weight excluding hydrogens is 292 g/mol. The highest BCUT2D eigenvalue weighted by Gasteiger charge is 2.27. The highest BCUT2D eigenvalue weighted by molar-refractivity contribution is 6.01. The van der Waals surface area contributed by atoms with E-state index in [1.165, 1.54) is 0 Å². The summed E-state index contributed by atoms with van der Waals surface area (Å²) in [7, 11) is 0. The number of carbonyl (C=O) groups is 1. The lowest BCUT2D eigenvalue weighted by Crippen LogP contribution is -2.31.